The number of benzene rings is 1. The Kier molecular flexibility index (Phi) is 1.96. The highest BCUT2D eigenvalue weighted by Gasteiger charge is 2.04. The molecule has 4 nitrogen and oxygen atoms in total. The summed E-state index contributed by atoms with van der Waals surface area (Å²) in [4.78, 5) is 7.71. The Morgan fingerprint density at radius 2 is 2.23 bits per heavy atom. The Morgan fingerprint density at radius 3 is 2.92 bits per heavy atom. The molecule has 0 aliphatic heterocycles. The molecule has 0 saturated heterocycles. The number of fused-ring (bicyclic) bond motifs is 1. The van der Waals surface area contributed by atoms with Crippen molar-refractivity contribution in [2.75, 3.05) is 0 Å². The molecule has 0 aliphatic carbocycles. The third kappa shape index (κ3) is 1.39. The molecule has 0 saturated carbocycles. The SMILES string of the molecule is NNC(=S)c1nc2ccccc2[nH]1. The van der Waals surface area contributed by atoms with Crippen LogP contribution >= 0.6 is 12.2 Å². The number of hydrazine groups is 1. The number of aromatic amines is 1. The van der Waals surface area contributed by atoms with Crippen LogP contribution in [0.5, 0.6) is 0 Å². The molecule has 0 atom stereocenters. The lowest BCUT2D eigenvalue weighted by Crippen LogP contribution is -2.29. The van der Waals surface area contributed by atoms with E-state index >= 15 is 0 Å². The summed E-state index contributed by atoms with van der Waals surface area (Å²) in [5, 5.41) is 0. The first-order valence-corrected chi connectivity index (χ1v) is 4.18. The molecule has 1 aromatic carbocycles. The molecule has 0 unspecified atom stereocenters. The molecule has 13 heavy (non-hydrogen) atoms. The number of nitrogens with two attached hydrogens (primary N) is 1. The summed E-state index contributed by atoms with van der Waals surface area (Å²) in [6.45, 7) is 0. The summed E-state index contributed by atoms with van der Waals surface area (Å²) >= 11 is 4.93. The molecular formula is C8H8N4S. The van der Waals surface area contributed by atoms with Crippen LogP contribution in [0.4, 0.5) is 0 Å². The fourth-order valence-electron chi connectivity index (χ4n) is 1.13. The van der Waals surface area contributed by atoms with Crippen molar-refractivity contribution in [1.29, 1.82) is 0 Å². The van der Waals surface area contributed by atoms with E-state index in [0.29, 0.717) is 10.8 Å². The monoisotopic (exact) mass is 192 g/mol. The fourth-order valence-corrected chi connectivity index (χ4v) is 1.23. The van der Waals surface area contributed by atoms with E-state index in [1.54, 1.807) is 0 Å². The van der Waals surface area contributed by atoms with Gasteiger partial charge in [0.15, 0.2) is 10.8 Å². The average molecular weight is 192 g/mol. The topological polar surface area (TPSA) is 66.7 Å². The maximum absolute atomic E-state index is 5.17. The number of H-pyrrole nitrogens is 1. The van der Waals surface area contributed by atoms with E-state index in [1.165, 1.54) is 0 Å². The van der Waals surface area contributed by atoms with E-state index in [4.69, 9.17) is 18.1 Å². The quantitative estimate of drug-likeness (QED) is 0.353. The highest BCUT2D eigenvalue weighted by atomic mass is 32.1. The molecule has 0 radical (unpaired) electrons. The predicted octanol–water partition coefficient (Wildman–Crippen LogP) is 0.702. The lowest BCUT2D eigenvalue weighted by molar-refractivity contribution is 1.03. The predicted molar refractivity (Wildman–Crippen MR) is 55.1 cm³/mol. The summed E-state index contributed by atoms with van der Waals surface area (Å²) in [6, 6.07) is 7.70. The Bertz CT molecular complexity index is 415. The number of imidazole rings is 1. The lowest BCUT2D eigenvalue weighted by atomic mass is 10.3. The minimum atomic E-state index is 0.413. The number of aromatic nitrogens is 2. The third-order valence-corrected chi connectivity index (χ3v) is 2.05. The van der Waals surface area contributed by atoms with Gasteiger partial charge >= 0.3 is 0 Å². The van der Waals surface area contributed by atoms with Gasteiger partial charge in [0.25, 0.3) is 0 Å². The zero-order valence-electron chi connectivity index (χ0n) is 6.74. The highest BCUT2D eigenvalue weighted by molar-refractivity contribution is 7.80. The summed E-state index contributed by atoms with van der Waals surface area (Å²) in [6.07, 6.45) is 0. The first-order chi connectivity index (χ1) is 6.31. The van der Waals surface area contributed by atoms with Gasteiger partial charge in [0.05, 0.1) is 11.0 Å². The van der Waals surface area contributed by atoms with Crippen molar-refractivity contribution >= 4 is 28.2 Å². The van der Waals surface area contributed by atoms with Crippen molar-refractivity contribution in [3.05, 3.63) is 30.1 Å². The van der Waals surface area contributed by atoms with Gasteiger partial charge in [-0.15, -0.1) is 0 Å². The fraction of sp³-hybridized carbons (Fsp3) is 0. The van der Waals surface area contributed by atoms with Crippen molar-refractivity contribution < 1.29 is 0 Å². The molecule has 1 heterocycles. The van der Waals surface area contributed by atoms with Gasteiger partial charge in [0, 0.05) is 0 Å². The van der Waals surface area contributed by atoms with Crippen LogP contribution in [-0.2, 0) is 0 Å². The van der Waals surface area contributed by atoms with Gasteiger partial charge in [-0.2, -0.15) is 0 Å². The summed E-state index contributed by atoms with van der Waals surface area (Å²) in [5.41, 5.74) is 4.22. The summed E-state index contributed by atoms with van der Waals surface area (Å²) < 4.78 is 0. The van der Waals surface area contributed by atoms with E-state index < -0.39 is 0 Å². The minimum absolute atomic E-state index is 0.413. The molecule has 0 spiro atoms. The molecule has 2 aromatic rings. The van der Waals surface area contributed by atoms with Crippen LogP contribution in [0.2, 0.25) is 0 Å². The van der Waals surface area contributed by atoms with Crippen LogP contribution in [0.25, 0.3) is 11.0 Å². The summed E-state index contributed by atoms with van der Waals surface area (Å²) in [5.74, 6) is 5.77. The zero-order chi connectivity index (χ0) is 9.26. The van der Waals surface area contributed by atoms with E-state index in [1.807, 2.05) is 24.3 Å². The van der Waals surface area contributed by atoms with Crippen LogP contribution in [0.1, 0.15) is 5.82 Å². The number of hydrogen-bond acceptors (Lipinski definition) is 3. The van der Waals surface area contributed by atoms with Crippen molar-refractivity contribution in [2.24, 2.45) is 5.84 Å². The second-order valence-electron chi connectivity index (χ2n) is 2.58. The molecule has 0 aliphatic rings. The standard InChI is InChI=1S/C8H8N4S/c9-12-8(13)7-10-5-3-1-2-4-6(5)11-7/h1-4H,9H2,(H,10,11)(H,12,13). The first-order valence-electron chi connectivity index (χ1n) is 3.77. The van der Waals surface area contributed by atoms with E-state index in [0.717, 1.165) is 11.0 Å². The Labute approximate surface area is 80.1 Å². The van der Waals surface area contributed by atoms with Crippen LogP contribution in [0.15, 0.2) is 24.3 Å². The molecule has 5 heteroatoms. The van der Waals surface area contributed by atoms with Crippen LogP contribution in [0, 0.1) is 0 Å². The van der Waals surface area contributed by atoms with Crippen molar-refractivity contribution in [2.45, 2.75) is 0 Å². The normalized spacial score (nSPS) is 10.2. The Balaban J connectivity index is 2.56. The van der Waals surface area contributed by atoms with Gasteiger partial charge in [-0.1, -0.05) is 24.4 Å². The molecule has 66 valence electrons. The van der Waals surface area contributed by atoms with Crippen molar-refractivity contribution in [1.82, 2.24) is 15.4 Å². The molecule has 4 N–H and O–H groups in total. The maximum atomic E-state index is 5.17. The molecule has 1 aromatic heterocycles. The van der Waals surface area contributed by atoms with Gasteiger partial charge < -0.3 is 10.4 Å². The zero-order valence-corrected chi connectivity index (χ0v) is 7.56. The Hall–Kier alpha value is -1.46. The second-order valence-corrected chi connectivity index (χ2v) is 2.98. The van der Waals surface area contributed by atoms with Crippen LogP contribution in [-0.4, -0.2) is 15.0 Å². The van der Waals surface area contributed by atoms with Gasteiger partial charge in [-0.05, 0) is 12.1 Å². The number of rotatable bonds is 1. The van der Waals surface area contributed by atoms with E-state index in [9.17, 15) is 0 Å². The van der Waals surface area contributed by atoms with E-state index in [2.05, 4.69) is 15.4 Å². The van der Waals surface area contributed by atoms with Gasteiger partial charge in [-0.25, -0.2) is 10.8 Å². The lowest BCUT2D eigenvalue weighted by Gasteiger charge is -1.94. The second kappa shape index (κ2) is 3.12. The van der Waals surface area contributed by atoms with Gasteiger partial charge in [0.1, 0.15) is 0 Å². The average Bonchev–Trinajstić information content (AvgIpc) is 2.59. The van der Waals surface area contributed by atoms with E-state index in [-0.39, 0.29) is 0 Å². The molecular weight excluding hydrogens is 184 g/mol. The van der Waals surface area contributed by atoms with Gasteiger partial charge in [-0.3, -0.25) is 0 Å². The number of nitrogens with zero attached hydrogens (tertiary/aromatic N) is 1. The largest absolute Gasteiger partial charge is 0.336 e. The number of thiocarbonyl (C=S) groups is 1. The van der Waals surface area contributed by atoms with Gasteiger partial charge in [0.2, 0.25) is 0 Å². The molecule has 0 bridgehead atoms. The first kappa shape index (κ1) is 8.15. The maximum Gasteiger partial charge on any atom is 0.167 e. The number of nitrogens with one attached hydrogen (secondary N) is 2. The van der Waals surface area contributed by atoms with Crippen LogP contribution < -0.4 is 11.3 Å². The van der Waals surface area contributed by atoms with Crippen molar-refractivity contribution in [3.8, 4) is 0 Å². The number of para-hydroxylation sites is 2. The third-order valence-electron chi connectivity index (χ3n) is 1.74. The minimum Gasteiger partial charge on any atom is -0.336 e. The molecule has 0 fully saturated rings. The Morgan fingerprint density at radius 1 is 1.46 bits per heavy atom. The number of hydrogen-bond donors (Lipinski definition) is 3. The molecule has 2 rings (SSSR count). The highest BCUT2D eigenvalue weighted by Crippen LogP contribution is 2.09. The molecule has 0 amide bonds. The van der Waals surface area contributed by atoms with Crippen molar-refractivity contribution in [3.63, 3.8) is 0 Å². The van der Waals surface area contributed by atoms with Crippen LogP contribution in [0.3, 0.4) is 0 Å². The smallest absolute Gasteiger partial charge is 0.167 e. The summed E-state index contributed by atoms with van der Waals surface area (Å²) in [7, 11) is 0.